The van der Waals surface area contributed by atoms with Crippen LogP contribution in [0.3, 0.4) is 0 Å². The second kappa shape index (κ2) is 8.31. The number of anilines is 3. The van der Waals surface area contributed by atoms with Crippen molar-refractivity contribution < 1.29 is 4.74 Å². The van der Waals surface area contributed by atoms with Gasteiger partial charge in [0, 0.05) is 19.3 Å². The fourth-order valence-corrected chi connectivity index (χ4v) is 2.05. The maximum Gasteiger partial charge on any atom is 0.170 e. The molecule has 6 heteroatoms. The van der Waals surface area contributed by atoms with Crippen molar-refractivity contribution in [3.05, 3.63) is 48.2 Å². The summed E-state index contributed by atoms with van der Waals surface area (Å²) >= 11 is 5.18. The normalized spacial score (nSPS) is 10.1. The number of benzene rings is 1. The molecule has 0 amide bonds. The zero-order valence-electron chi connectivity index (χ0n) is 12.7. The van der Waals surface area contributed by atoms with Gasteiger partial charge < -0.3 is 20.7 Å². The van der Waals surface area contributed by atoms with Gasteiger partial charge in [0.05, 0.1) is 18.5 Å². The van der Waals surface area contributed by atoms with Gasteiger partial charge in [0.15, 0.2) is 5.11 Å². The maximum absolute atomic E-state index is 5.18. The molecule has 0 aliphatic rings. The standard InChI is InChI=1S/C16H20N4OS/c1-12-5-3-4-6-14(12)20-15-8-7-13(11-18-15)19-16(22)17-9-10-21-2/h3-8,11H,9-10H2,1-2H3,(H,18,20)(H2,17,19,22). The van der Waals surface area contributed by atoms with Crippen LogP contribution in [-0.4, -0.2) is 30.4 Å². The Morgan fingerprint density at radius 1 is 1.23 bits per heavy atom. The van der Waals surface area contributed by atoms with Crippen LogP contribution in [0.4, 0.5) is 17.2 Å². The molecule has 0 spiro atoms. The van der Waals surface area contributed by atoms with Crippen LogP contribution in [-0.2, 0) is 4.74 Å². The molecule has 0 bridgehead atoms. The number of aryl methyl sites for hydroxylation is 1. The summed E-state index contributed by atoms with van der Waals surface area (Å²) in [5, 5.41) is 9.97. The molecule has 2 rings (SSSR count). The van der Waals surface area contributed by atoms with Gasteiger partial charge in [-0.05, 0) is 42.9 Å². The van der Waals surface area contributed by atoms with Gasteiger partial charge in [-0.1, -0.05) is 18.2 Å². The lowest BCUT2D eigenvalue weighted by atomic mass is 10.2. The topological polar surface area (TPSA) is 58.2 Å². The molecule has 3 N–H and O–H groups in total. The Morgan fingerprint density at radius 3 is 2.73 bits per heavy atom. The van der Waals surface area contributed by atoms with Gasteiger partial charge >= 0.3 is 0 Å². The Hall–Kier alpha value is -2.18. The molecule has 0 atom stereocenters. The van der Waals surface area contributed by atoms with Crippen LogP contribution in [0.15, 0.2) is 42.6 Å². The summed E-state index contributed by atoms with van der Waals surface area (Å²) in [5.41, 5.74) is 3.06. The highest BCUT2D eigenvalue weighted by molar-refractivity contribution is 7.80. The predicted molar refractivity (Wildman–Crippen MR) is 94.8 cm³/mol. The van der Waals surface area contributed by atoms with Crippen LogP contribution in [0.2, 0.25) is 0 Å². The monoisotopic (exact) mass is 316 g/mol. The molecule has 0 aliphatic carbocycles. The summed E-state index contributed by atoms with van der Waals surface area (Å²) in [6.45, 7) is 3.34. The number of ether oxygens (including phenoxy) is 1. The second-order valence-corrected chi connectivity index (χ2v) is 5.15. The minimum absolute atomic E-state index is 0.554. The number of nitrogens with one attached hydrogen (secondary N) is 3. The minimum Gasteiger partial charge on any atom is -0.383 e. The molecular formula is C16H20N4OS. The second-order valence-electron chi connectivity index (χ2n) is 4.75. The number of nitrogens with zero attached hydrogens (tertiary/aromatic N) is 1. The van der Waals surface area contributed by atoms with Crippen molar-refractivity contribution in [2.24, 2.45) is 0 Å². The lowest BCUT2D eigenvalue weighted by Gasteiger charge is -2.11. The van der Waals surface area contributed by atoms with E-state index in [1.54, 1.807) is 13.3 Å². The maximum atomic E-state index is 5.18. The van der Waals surface area contributed by atoms with Crippen LogP contribution in [0.25, 0.3) is 0 Å². The molecule has 0 saturated heterocycles. The highest BCUT2D eigenvalue weighted by Crippen LogP contribution is 2.19. The quantitative estimate of drug-likeness (QED) is 0.562. The van der Waals surface area contributed by atoms with Crippen LogP contribution >= 0.6 is 12.2 Å². The zero-order chi connectivity index (χ0) is 15.8. The van der Waals surface area contributed by atoms with Crippen LogP contribution in [0, 0.1) is 6.92 Å². The third-order valence-corrected chi connectivity index (χ3v) is 3.27. The average molecular weight is 316 g/mol. The first-order chi connectivity index (χ1) is 10.7. The van der Waals surface area contributed by atoms with E-state index in [9.17, 15) is 0 Å². The molecule has 0 saturated carbocycles. The molecular weight excluding hydrogens is 296 g/mol. The summed E-state index contributed by atoms with van der Waals surface area (Å²) in [6, 6.07) is 11.9. The Kier molecular flexibility index (Phi) is 6.12. The van der Waals surface area contributed by atoms with Gasteiger partial charge in [-0.15, -0.1) is 0 Å². The van der Waals surface area contributed by atoms with Gasteiger partial charge in [-0.3, -0.25) is 0 Å². The van der Waals surface area contributed by atoms with Gasteiger partial charge in [0.1, 0.15) is 5.82 Å². The number of thiocarbonyl (C=S) groups is 1. The third-order valence-electron chi connectivity index (χ3n) is 3.02. The third kappa shape index (κ3) is 4.98. The van der Waals surface area contributed by atoms with E-state index in [0.717, 1.165) is 17.2 Å². The van der Waals surface area contributed by atoms with E-state index in [4.69, 9.17) is 17.0 Å². The summed E-state index contributed by atoms with van der Waals surface area (Å²) in [6.07, 6.45) is 1.74. The SMILES string of the molecule is COCCNC(=S)Nc1ccc(Nc2ccccc2C)nc1. The van der Waals surface area contributed by atoms with Crippen molar-refractivity contribution in [1.29, 1.82) is 0 Å². The van der Waals surface area contributed by atoms with E-state index >= 15 is 0 Å². The van der Waals surface area contributed by atoms with Crippen molar-refractivity contribution in [3.8, 4) is 0 Å². The lowest BCUT2D eigenvalue weighted by Crippen LogP contribution is -2.31. The van der Waals surface area contributed by atoms with Crippen molar-refractivity contribution in [1.82, 2.24) is 10.3 Å². The molecule has 2 aromatic rings. The first-order valence-corrected chi connectivity index (χ1v) is 7.42. The smallest absolute Gasteiger partial charge is 0.170 e. The molecule has 116 valence electrons. The molecule has 0 fully saturated rings. The van der Waals surface area contributed by atoms with E-state index in [2.05, 4.69) is 33.9 Å². The number of hydrogen-bond acceptors (Lipinski definition) is 4. The van der Waals surface area contributed by atoms with E-state index in [1.165, 1.54) is 5.56 Å². The number of methoxy groups -OCH3 is 1. The molecule has 5 nitrogen and oxygen atoms in total. The van der Waals surface area contributed by atoms with E-state index in [0.29, 0.717) is 18.3 Å². The molecule has 1 heterocycles. The van der Waals surface area contributed by atoms with Gasteiger partial charge in [0.25, 0.3) is 0 Å². The highest BCUT2D eigenvalue weighted by Gasteiger charge is 2.01. The Balaban J connectivity index is 1.90. The molecule has 1 aromatic heterocycles. The van der Waals surface area contributed by atoms with Gasteiger partial charge in [0.2, 0.25) is 0 Å². The minimum atomic E-state index is 0.554. The Morgan fingerprint density at radius 2 is 2.05 bits per heavy atom. The lowest BCUT2D eigenvalue weighted by molar-refractivity contribution is 0.204. The molecule has 0 unspecified atom stereocenters. The summed E-state index contributed by atoms with van der Waals surface area (Å²) in [7, 11) is 1.66. The number of rotatable bonds is 6. The zero-order valence-corrected chi connectivity index (χ0v) is 13.5. The van der Waals surface area contributed by atoms with Crippen molar-refractivity contribution in [2.45, 2.75) is 6.92 Å². The van der Waals surface area contributed by atoms with Crippen molar-refractivity contribution in [3.63, 3.8) is 0 Å². The summed E-state index contributed by atoms with van der Waals surface area (Å²) < 4.78 is 4.95. The largest absolute Gasteiger partial charge is 0.383 e. The highest BCUT2D eigenvalue weighted by atomic mass is 32.1. The molecule has 0 aliphatic heterocycles. The van der Waals surface area contributed by atoms with Crippen LogP contribution in [0.5, 0.6) is 0 Å². The number of hydrogen-bond donors (Lipinski definition) is 3. The summed E-state index contributed by atoms with van der Waals surface area (Å²) in [5.74, 6) is 0.790. The first-order valence-electron chi connectivity index (χ1n) is 7.01. The number of pyridine rings is 1. The average Bonchev–Trinajstić information content (AvgIpc) is 2.52. The fourth-order valence-electron chi connectivity index (χ4n) is 1.83. The van der Waals surface area contributed by atoms with E-state index < -0.39 is 0 Å². The Bertz CT molecular complexity index is 616. The first kappa shape index (κ1) is 16.2. The fraction of sp³-hybridized carbons (Fsp3) is 0.250. The molecule has 0 radical (unpaired) electrons. The summed E-state index contributed by atoms with van der Waals surface area (Å²) in [4.78, 5) is 4.38. The predicted octanol–water partition coefficient (Wildman–Crippen LogP) is 3.07. The van der Waals surface area contributed by atoms with Crippen molar-refractivity contribution in [2.75, 3.05) is 30.9 Å². The van der Waals surface area contributed by atoms with E-state index in [-0.39, 0.29) is 0 Å². The van der Waals surface area contributed by atoms with E-state index in [1.807, 2.05) is 30.3 Å². The van der Waals surface area contributed by atoms with Gasteiger partial charge in [-0.25, -0.2) is 4.98 Å². The Labute approximate surface area is 136 Å². The molecule has 1 aromatic carbocycles. The number of aromatic nitrogens is 1. The van der Waals surface area contributed by atoms with Crippen LogP contribution in [0.1, 0.15) is 5.56 Å². The van der Waals surface area contributed by atoms with Crippen molar-refractivity contribution >= 4 is 34.5 Å². The molecule has 22 heavy (non-hydrogen) atoms. The van der Waals surface area contributed by atoms with Gasteiger partial charge in [-0.2, -0.15) is 0 Å². The number of para-hydroxylation sites is 1. The van der Waals surface area contributed by atoms with Crippen LogP contribution < -0.4 is 16.0 Å².